The molecule has 2 rings (SSSR count). The fourth-order valence-electron chi connectivity index (χ4n) is 3.00. The van der Waals surface area contributed by atoms with E-state index < -0.39 is 0 Å². The third-order valence-corrected chi connectivity index (χ3v) is 4.36. The van der Waals surface area contributed by atoms with E-state index in [4.69, 9.17) is 9.47 Å². The highest BCUT2D eigenvalue weighted by molar-refractivity contribution is 5.08. The van der Waals surface area contributed by atoms with E-state index in [1.54, 1.807) is 0 Å². The average Bonchev–Trinajstić information content (AvgIpc) is 2.42. The molecule has 1 aliphatic heterocycles. The van der Waals surface area contributed by atoms with Crippen LogP contribution in [0.1, 0.15) is 52.9 Å². The minimum atomic E-state index is 0.341. The summed E-state index contributed by atoms with van der Waals surface area (Å²) in [6.45, 7) is 10.5. The van der Waals surface area contributed by atoms with Crippen molar-refractivity contribution >= 4 is 0 Å². The third-order valence-electron chi connectivity index (χ3n) is 4.36. The largest absolute Gasteiger partial charge is 0.377 e. The summed E-state index contributed by atoms with van der Waals surface area (Å²) >= 11 is 0. The fraction of sp³-hybridized carbons (Fsp3) is 0.889. The molecule has 120 valence electrons. The van der Waals surface area contributed by atoms with Crippen molar-refractivity contribution in [2.24, 2.45) is 5.92 Å². The van der Waals surface area contributed by atoms with E-state index in [1.165, 1.54) is 12.8 Å². The van der Waals surface area contributed by atoms with Crippen LogP contribution in [0.4, 0.5) is 0 Å². The Morgan fingerprint density at radius 1 is 1.14 bits per heavy atom. The van der Waals surface area contributed by atoms with Crippen LogP contribution >= 0.6 is 0 Å². The molecule has 0 unspecified atom stereocenters. The Morgan fingerprint density at radius 2 is 1.86 bits per heavy atom. The monoisotopic (exact) mass is 293 g/mol. The Bertz CT molecular complexity index is 344. The van der Waals surface area contributed by atoms with Crippen LogP contribution in [0, 0.1) is 17.8 Å². The summed E-state index contributed by atoms with van der Waals surface area (Å²) in [5, 5.41) is 0. The maximum absolute atomic E-state index is 6.20. The number of ether oxygens (including phenoxy) is 2. The van der Waals surface area contributed by atoms with Gasteiger partial charge < -0.3 is 14.4 Å². The first-order chi connectivity index (χ1) is 10.2. The first-order valence-corrected chi connectivity index (χ1v) is 8.65. The van der Waals surface area contributed by atoms with Gasteiger partial charge in [-0.3, -0.25) is 0 Å². The summed E-state index contributed by atoms with van der Waals surface area (Å²) in [5.41, 5.74) is 0. The molecule has 1 saturated heterocycles. The lowest BCUT2D eigenvalue weighted by Crippen LogP contribution is -2.42. The van der Waals surface area contributed by atoms with Crippen molar-refractivity contribution in [1.82, 2.24) is 4.90 Å². The lowest BCUT2D eigenvalue weighted by Gasteiger charge is -2.38. The van der Waals surface area contributed by atoms with Gasteiger partial charge in [0.05, 0.1) is 24.9 Å². The minimum absolute atomic E-state index is 0.341. The highest BCUT2D eigenvalue weighted by atomic mass is 16.5. The summed E-state index contributed by atoms with van der Waals surface area (Å²) in [5.74, 6) is 7.11. The number of piperidine rings is 1. The van der Waals surface area contributed by atoms with Crippen LogP contribution in [-0.2, 0) is 9.47 Å². The second-order valence-electron chi connectivity index (χ2n) is 6.56. The van der Waals surface area contributed by atoms with Crippen molar-refractivity contribution in [2.75, 3.05) is 26.2 Å². The third kappa shape index (κ3) is 5.98. The molecule has 1 aliphatic carbocycles. The van der Waals surface area contributed by atoms with E-state index in [9.17, 15) is 0 Å². The van der Waals surface area contributed by atoms with Crippen molar-refractivity contribution in [1.29, 1.82) is 0 Å². The molecule has 3 nitrogen and oxygen atoms in total. The van der Waals surface area contributed by atoms with Gasteiger partial charge >= 0.3 is 0 Å². The molecule has 3 heteroatoms. The summed E-state index contributed by atoms with van der Waals surface area (Å²) < 4.78 is 11.8. The van der Waals surface area contributed by atoms with Crippen LogP contribution in [0.2, 0.25) is 0 Å². The van der Waals surface area contributed by atoms with Gasteiger partial charge in [0.2, 0.25) is 0 Å². The summed E-state index contributed by atoms with van der Waals surface area (Å²) in [6.07, 6.45) is 6.89. The molecule has 0 N–H and O–H groups in total. The van der Waals surface area contributed by atoms with E-state index in [0.717, 1.165) is 45.5 Å². The van der Waals surface area contributed by atoms with Crippen molar-refractivity contribution < 1.29 is 9.47 Å². The molecular weight excluding hydrogens is 262 g/mol. The maximum atomic E-state index is 6.20. The Hall–Kier alpha value is -0.560. The molecule has 1 saturated carbocycles. The van der Waals surface area contributed by atoms with Crippen molar-refractivity contribution in [3.05, 3.63) is 0 Å². The maximum Gasteiger partial charge on any atom is 0.0603 e. The van der Waals surface area contributed by atoms with Gasteiger partial charge in [0, 0.05) is 32.0 Å². The van der Waals surface area contributed by atoms with Crippen molar-refractivity contribution in [3.63, 3.8) is 0 Å². The fourth-order valence-corrected chi connectivity index (χ4v) is 3.00. The molecule has 0 amide bonds. The predicted octanol–water partition coefficient (Wildman–Crippen LogP) is 3.08. The molecule has 2 aliphatic rings. The smallest absolute Gasteiger partial charge is 0.0603 e. The summed E-state index contributed by atoms with van der Waals surface area (Å²) in [7, 11) is 0. The molecule has 0 aromatic rings. The van der Waals surface area contributed by atoms with Gasteiger partial charge in [-0.25, -0.2) is 0 Å². The van der Waals surface area contributed by atoms with Crippen LogP contribution in [0.25, 0.3) is 0 Å². The van der Waals surface area contributed by atoms with Crippen molar-refractivity contribution in [2.45, 2.75) is 71.2 Å². The molecule has 21 heavy (non-hydrogen) atoms. The number of likely N-dealkylation sites (tertiary alicyclic amines) is 1. The number of hydrogen-bond acceptors (Lipinski definition) is 3. The first-order valence-electron chi connectivity index (χ1n) is 8.65. The first kappa shape index (κ1) is 16.8. The molecule has 0 aromatic carbocycles. The lowest BCUT2D eigenvalue weighted by atomic mass is 9.82. The van der Waals surface area contributed by atoms with E-state index >= 15 is 0 Å². The van der Waals surface area contributed by atoms with Gasteiger partial charge in [0.25, 0.3) is 0 Å². The van der Waals surface area contributed by atoms with Gasteiger partial charge in [-0.05, 0) is 39.5 Å². The van der Waals surface area contributed by atoms with E-state index in [1.807, 2.05) is 0 Å². The van der Waals surface area contributed by atoms with E-state index in [-0.39, 0.29) is 0 Å². The topological polar surface area (TPSA) is 21.7 Å². The highest BCUT2D eigenvalue weighted by Crippen LogP contribution is 2.32. The molecule has 0 spiro atoms. The highest BCUT2D eigenvalue weighted by Gasteiger charge is 2.31. The number of rotatable bonds is 6. The molecule has 0 radical (unpaired) electrons. The molecule has 0 aromatic heterocycles. The van der Waals surface area contributed by atoms with Gasteiger partial charge in [-0.15, -0.1) is 5.92 Å². The Kier molecular flexibility index (Phi) is 7.03. The van der Waals surface area contributed by atoms with E-state index in [0.29, 0.717) is 24.2 Å². The summed E-state index contributed by atoms with van der Waals surface area (Å²) in [4.78, 5) is 2.50. The number of hydrogen-bond donors (Lipinski definition) is 0. The SMILES string of the molecule is CCC#CC1CC(OC2CCN(CCOC(C)C)CC2)C1. The minimum Gasteiger partial charge on any atom is -0.377 e. The van der Waals surface area contributed by atoms with E-state index in [2.05, 4.69) is 37.5 Å². The molecule has 0 bridgehead atoms. The van der Waals surface area contributed by atoms with Crippen LogP contribution in [-0.4, -0.2) is 49.5 Å². The van der Waals surface area contributed by atoms with Gasteiger partial charge in [0.1, 0.15) is 0 Å². The lowest BCUT2D eigenvalue weighted by molar-refractivity contribution is -0.0862. The van der Waals surface area contributed by atoms with Gasteiger partial charge in [-0.2, -0.15) is 0 Å². The zero-order valence-corrected chi connectivity index (χ0v) is 13.9. The molecule has 2 fully saturated rings. The second kappa shape index (κ2) is 8.78. The van der Waals surface area contributed by atoms with Gasteiger partial charge in [0.15, 0.2) is 0 Å². The average molecular weight is 293 g/mol. The molecular formula is C18H31NO2. The van der Waals surface area contributed by atoms with Crippen LogP contribution in [0.15, 0.2) is 0 Å². The molecule has 0 atom stereocenters. The normalized spacial score (nSPS) is 27.2. The van der Waals surface area contributed by atoms with Crippen LogP contribution in [0.5, 0.6) is 0 Å². The van der Waals surface area contributed by atoms with Crippen LogP contribution < -0.4 is 0 Å². The standard InChI is InChI=1S/C18H31NO2/c1-4-5-6-16-13-18(14-16)21-17-7-9-19(10-8-17)11-12-20-15(2)3/h15-18H,4,7-14H2,1-3H3. The summed E-state index contributed by atoms with van der Waals surface area (Å²) in [6, 6.07) is 0. The second-order valence-corrected chi connectivity index (χ2v) is 6.56. The zero-order valence-electron chi connectivity index (χ0n) is 13.9. The number of nitrogens with zero attached hydrogens (tertiary/aromatic N) is 1. The van der Waals surface area contributed by atoms with Crippen molar-refractivity contribution in [3.8, 4) is 11.8 Å². The zero-order chi connectivity index (χ0) is 15.1. The Morgan fingerprint density at radius 3 is 2.48 bits per heavy atom. The Balaban J connectivity index is 1.54. The molecule has 1 heterocycles. The predicted molar refractivity (Wildman–Crippen MR) is 86.2 cm³/mol. The Labute approximate surface area is 130 Å². The van der Waals surface area contributed by atoms with Crippen LogP contribution in [0.3, 0.4) is 0 Å². The van der Waals surface area contributed by atoms with Gasteiger partial charge in [-0.1, -0.05) is 12.8 Å². The quantitative estimate of drug-likeness (QED) is 0.703.